The molecule has 0 heterocycles. The van der Waals surface area contributed by atoms with E-state index in [0.29, 0.717) is 23.0 Å². The molecule has 1 aliphatic rings. The van der Waals surface area contributed by atoms with Crippen LogP contribution in [0.15, 0.2) is 42.5 Å². The lowest BCUT2D eigenvalue weighted by Gasteiger charge is -2.32. The summed E-state index contributed by atoms with van der Waals surface area (Å²) in [4.78, 5) is 28.3. The second-order valence-corrected chi connectivity index (χ2v) is 9.10. The molecule has 0 bridgehead atoms. The lowest BCUT2D eigenvalue weighted by Crippen LogP contribution is -2.51. The number of benzene rings is 2. The van der Waals surface area contributed by atoms with Gasteiger partial charge in [-0.15, -0.1) is 0 Å². The maximum atomic E-state index is 13.4. The summed E-state index contributed by atoms with van der Waals surface area (Å²) < 4.78 is 0. The number of hydrogen-bond acceptors (Lipinski definition) is 2. The summed E-state index contributed by atoms with van der Waals surface area (Å²) in [5.41, 5.74) is 2.88. The minimum absolute atomic E-state index is 0.0752. The third-order valence-corrected chi connectivity index (χ3v) is 6.77. The number of halogens is 2. The van der Waals surface area contributed by atoms with Crippen LogP contribution in [0.2, 0.25) is 10.0 Å². The highest BCUT2D eigenvalue weighted by Gasteiger charge is 2.30. The van der Waals surface area contributed by atoms with Gasteiger partial charge in [0.15, 0.2) is 0 Å². The Bertz CT molecular complexity index is 925. The van der Waals surface area contributed by atoms with Gasteiger partial charge in [-0.3, -0.25) is 9.59 Å². The first-order chi connectivity index (χ1) is 14.9. The standard InChI is InChI=1S/C25H30Cl2N2O2/c1-3-23(25(31)28-20-10-6-7-11-20)29(16-18-12-13-21(26)22(27)14-18)24(30)15-19-9-5-4-8-17(19)2/h4-5,8-9,12-14,20,23H,3,6-7,10-11,15-16H2,1-2H3,(H,28,31). The van der Waals surface area contributed by atoms with Crippen molar-refractivity contribution in [1.29, 1.82) is 0 Å². The minimum Gasteiger partial charge on any atom is -0.352 e. The van der Waals surface area contributed by atoms with Gasteiger partial charge in [-0.05, 0) is 55.0 Å². The summed E-state index contributed by atoms with van der Waals surface area (Å²) in [6, 6.07) is 12.9. The first-order valence-electron chi connectivity index (χ1n) is 11.0. The Balaban J connectivity index is 1.85. The molecule has 1 fully saturated rings. The van der Waals surface area contributed by atoms with Gasteiger partial charge in [-0.25, -0.2) is 0 Å². The third-order valence-electron chi connectivity index (χ3n) is 6.03. The van der Waals surface area contributed by atoms with Crippen LogP contribution in [0.1, 0.15) is 55.7 Å². The molecule has 1 N–H and O–H groups in total. The molecule has 2 aromatic rings. The molecular formula is C25H30Cl2N2O2. The van der Waals surface area contributed by atoms with Crippen LogP contribution in [0.4, 0.5) is 0 Å². The highest BCUT2D eigenvalue weighted by atomic mass is 35.5. The largest absolute Gasteiger partial charge is 0.352 e. The van der Waals surface area contributed by atoms with Gasteiger partial charge in [0.25, 0.3) is 0 Å². The number of amides is 2. The topological polar surface area (TPSA) is 49.4 Å². The molecular weight excluding hydrogens is 431 g/mol. The van der Waals surface area contributed by atoms with Gasteiger partial charge in [0.1, 0.15) is 6.04 Å². The van der Waals surface area contributed by atoms with E-state index in [4.69, 9.17) is 23.2 Å². The first kappa shape index (κ1) is 23.6. The Morgan fingerprint density at radius 2 is 1.81 bits per heavy atom. The molecule has 1 unspecified atom stereocenters. The van der Waals surface area contributed by atoms with Crippen molar-refractivity contribution >= 4 is 35.0 Å². The normalized spacial score (nSPS) is 15.0. The van der Waals surface area contributed by atoms with Crippen molar-refractivity contribution in [2.24, 2.45) is 0 Å². The highest BCUT2D eigenvalue weighted by Crippen LogP contribution is 2.25. The molecule has 1 saturated carbocycles. The van der Waals surface area contributed by atoms with E-state index in [1.165, 1.54) is 0 Å². The lowest BCUT2D eigenvalue weighted by molar-refractivity contribution is -0.141. The van der Waals surface area contributed by atoms with Gasteiger partial charge >= 0.3 is 0 Å². The van der Waals surface area contributed by atoms with Crippen LogP contribution in [0.25, 0.3) is 0 Å². The zero-order valence-electron chi connectivity index (χ0n) is 18.2. The fourth-order valence-corrected chi connectivity index (χ4v) is 4.52. The van der Waals surface area contributed by atoms with Crippen molar-refractivity contribution in [3.63, 3.8) is 0 Å². The smallest absolute Gasteiger partial charge is 0.243 e. The van der Waals surface area contributed by atoms with E-state index in [2.05, 4.69) is 5.32 Å². The predicted octanol–water partition coefficient (Wildman–Crippen LogP) is 5.71. The van der Waals surface area contributed by atoms with Crippen molar-refractivity contribution in [2.45, 2.75) is 71.0 Å². The third kappa shape index (κ3) is 6.24. The van der Waals surface area contributed by atoms with Crippen LogP contribution >= 0.6 is 23.2 Å². The van der Waals surface area contributed by atoms with Crippen LogP contribution in [-0.2, 0) is 22.6 Å². The second kappa shape index (κ2) is 11.0. The van der Waals surface area contributed by atoms with Crippen molar-refractivity contribution in [1.82, 2.24) is 10.2 Å². The van der Waals surface area contributed by atoms with Gasteiger partial charge in [0, 0.05) is 12.6 Å². The van der Waals surface area contributed by atoms with Crippen molar-refractivity contribution in [2.75, 3.05) is 0 Å². The van der Waals surface area contributed by atoms with E-state index in [1.54, 1.807) is 17.0 Å². The van der Waals surface area contributed by atoms with Crippen molar-refractivity contribution < 1.29 is 9.59 Å². The number of carbonyl (C=O) groups excluding carboxylic acids is 2. The number of carbonyl (C=O) groups is 2. The van der Waals surface area contributed by atoms with E-state index in [-0.39, 0.29) is 24.3 Å². The van der Waals surface area contributed by atoms with Crippen LogP contribution in [0.5, 0.6) is 0 Å². The molecule has 1 aliphatic carbocycles. The number of nitrogens with zero attached hydrogens (tertiary/aromatic N) is 1. The number of hydrogen-bond donors (Lipinski definition) is 1. The number of rotatable bonds is 8. The van der Waals surface area contributed by atoms with E-state index in [1.807, 2.05) is 44.2 Å². The van der Waals surface area contributed by atoms with Crippen molar-refractivity contribution in [3.8, 4) is 0 Å². The van der Waals surface area contributed by atoms with E-state index < -0.39 is 6.04 Å². The van der Waals surface area contributed by atoms with E-state index >= 15 is 0 Å². The number of aryl methyl sites for hydroxylation is 1. The fourth-order valence-electron chi connectivity index (χ4n) is 4.19. The van der Waals surface area contributed by atoms with Crippen LogP contribution in [0, 0.1) is 6.92 Å². The highest BCUT2D eigenvalue weighted by molar-refractivity contribution is 6.42. The summed E-state index contributed by atoms with van der Waals surface area (Å²) >= 11 is 12.3. The minimum atomic E-state index is -0.536. The molecule has 6 heteroatoms. The molecule has 0 saturated heterocycles. The molecule has 1 atom stereocenters. The van der Waals surface area contributed by atoms with E-state index in [9.17, 15) is 9.59 Å². The monoisotopic (exact) mass is 460 g/mol. The Morgan fingerprint density at radius 1 is 1.10 bits per heavy atom. The lowest BCUT2D eigenvalue weighted by atomic mass is 10.0. The summed E-state index contributed by atoms with van der Waals surface area (Å²) in [6.45, 7) is 4.25. The maximum Gasteiger partial charge on any atom is 0.243 e. The average molecular weight is 461 g/mol. The van der Waals surface area contributed by atoms with Gasteiger partial charge in [-0.1, -0.05) is 73.3 Å². The van der Waals surface area contributed by atoms with E-state index in [0.717, 1.165) is 42.4 Å². The molecule has 0 radical (unpaired) electrons. The molecule has 2 aromatic carbocycles. The quantitative estimate of drug-likeness (QED) is 0.548. The second-order valence-electron chi connectivity index (χ2n) is 8.29. The summed E-state index contributed by atoms with van der Waals surface area (Å²) in [7, 11) is 0. The molecule has 0 spiro atoms. The summed E-state index contributed by atoms with van der Waals surface area (Å²) in [5, 5.41) is 4.07. The van der Waals surface area contributed by atoms with Gasteiger partial charge in [0.2, 0.25) is 11.8 Å². The van der Waals surface area contributed by atoms with Crippen LogP contribution in [-0.4, -0.2) is 28.8 Å². The predicted molar refractivity (Wildman–Crippen MR) is 126 cm³/mol. The zero-order chi connectivity index (χ0) is 22.4. The van der Waals surface area contributed by atoms with Crippen LogP contribution < -0.4 is 5.32 Å². The molecule has 3 rings (SSSR count). The molecule has 166 valence electrons. The molecule has 4 nitrogen and oxygen atoms in total. The van der Waals surface area contributed by atoms with Gasteiger partial charge in [-0.2, -0.15) is 0 Å². The SMILES string of the molecule is CCC(C(=O)NC1CCCC1)N(Cc1ccc(Cl)c(Cl)c1)C(=O)Cc1ccccc1C. The molecule has 31 heavy (non-hydrogen) atoms. The number of nitrogens with one attached hydrogen (secondary N) is 1. The molecule has 0 aliphatic heterocycles. The Hall–Kier alpha value is -2.04. The van der Waals surface area contributed by atoms with Crippen LogP contribution in [0.3, 0.4) is 0 Å². The fraction of sp³-hybridized carbons (Fsp3) is 0.440. The van der Waals surface area contributed by atoms with Crippen molar-refractivity contribution in [3.05, 3.63) is 69.2 Å². The zero-order valence-corrected chi connectivity index (χ0v) is 19.7. The molecule has 2 amide bonds. The molecule has 0 aromatic heterocycles. The summed E-state index contributed by atoms with van der Waals surface area (Å²) in [5.74, 6) is -0.151. The first-order valence-corrected chi connectivity index (χ1v) is 11.7. The average Bonchev–Trinajstić information content (AvgIpc) is 3.25. The summed E-state index contributed by atoms with van der Waals surface area (Å²) in [6.07, 6.45) is 5.08. The van der Waals surface area contributed by atoms with Gasteiger partial charge < -0.3 is 10.2 Å². The Morgan fingerprint density at radius 3 is 2.45 bits per heavy atom. The van der Waals surface area contributed by atoms with Gasteiger partial charge in [0.05, 0.1) is 16.5 Å². The maximum absolute atomic E-state index is 13.4. The Kier molecular flexibility index (Phi) is 8.39. The Labute approximate surface area is 194 Å².